The molecule has 3 rings (SSSR count). The van der Waals surface area contributed by atoms with Crippen molar-refractivity contribution in [3.63, 3.8) is 0 Å². The minimum absolute atomic E-state index is 0.106. The fourth-order valence-corrected chi connectivity index (χ4v) is 3.56. The van der Waals surface area contributed by atoms with E-state index < -0.39 is 0 Å². The van der Waals surface area contributed by atoms with Gasteiger partial charge in [0.2, 0.25) is 0 Å². The van der Waals surface area contributed by atoms with Gasteiger partial charge in [0.1, 0.15) is 11.5 Å². The second-order valence-electron chi connectivity index (χ2n) is 7.65. The molecule has 1 aliphatic rings. The van der Waals surface area contributed by atoms with Gasteiger partial charge in [0.05, 0.1) is 13.7 Å². The molecule has 0 saturated heterocycles. The molecular weight excluding hydrogens is 336 g/mol. The summed E-state index contributed by atoms with van der Waals surface area (Å²) < 4.78 is 11.2. The first-order valence-electron chi connectivity index (χ1n) is 9.57. The van der Waals surface area contributed by atoms with Gasteiger partial charge in [-0.2, -0.15) is 0 Å². The van der Waals surface area contributed by atoms with E-state index in [0.29, 0.717) is 6.61 Å². The lowest BCUT2D eigenvalue weighted by Gasteiger charge is -2.22. The number of benzene rings is 2. The van der Waals surface area contributed by atoms with E-state index in [1.54, 1.807) is 7.11 Å². The van der Waals surface area contributed by atoms with Crippen molar-refractivity contribution < 1.29 is 14.3 Å². The molecule has 0 radical (unpaired) electrons. The molecule has 142 valence electrons. The van der Waals surface area contributed by atoms with Crippen LogP contribution in [0.1, 0.15) is 60.7 Å². The van der Waals surface area contributed by atoms with Crippen LogP contribution < -0.4 is 9.47 Å². The lowest BCUT2D eigenvalue weighted by molar-refractivity contribution is 0.103. The summed E-state index contributed by atoms with van der Waals surface area (Å²) in [4.78, 5) is 13.1. The molecule has 3 heteroatoms. The van der Waals surface area contributed by atoms with Gasteiger partial charge in [0.15, 0.2) is 5.78 Å². The van der Waals surface area contributed by atoms with Gasteiger partial charge in [-0.1, -0.05) is 39.3 Å². The molecule has 2 aromatic rings. The normalized spacial score (nSPS) is 16.5. The van der Waals surface area contributed by atoms with E-state index in [-0.39, 0.29) is 11.2 Å². The number of carbonyl (C=O) groups excluding carboxylic acids is 1. The number of rotatable bonds is 6. The van der Waals surface area contributed by atoms with Crippen LogP contribution in [0, 0.1) is 6.92 Å². The van der Waals surface area contributed by atoms with E-state index in [0.717, 1.165) is 52.2 Å². The van der Waals surface area contributed by atoms with Crippen LogP contribution in [0.3, 0.4) is 0 Å². The summed E-state index contributed by atoms with van der Waals surface area (Å²) >= 11 is 0. The van der Waals surface area contributed by atoms with Gasteiger partial charge in [-0.05, 0) is 60.4 Å². The first-order valence-corrected chi connectivity index (χ1v) is 9.57. The molecule has 0 amide bonds. The number of hydrogen-bond donors (Lipinski definition) is 0. The largest absolute Gasteiger partial charge is 0.497 e. The molecule has 0 bridgehead atoms. The Morgan fingerprint density at radius 3 is 2.44 bits per heavy atom. The van der Waals surface area contributed by atoms with Crippen molar-refractivity contribution in [2.75, 3.05) is 13.7 Å². The predicted molar refractivity (Wildman–Crippen MR) is 110 cm³/mol. The SMILES string of the molecule is CCCCOc1cc2c(cc1C)C(=O)/C(=C/c1ccc(OC)cc1)C2(C)C. The zero-order valence-corrected chi connectivity index (χ0v) is 16.9. The van der Waals surface area contributed by atoms with Crippen LogP contribution in [0.4, 0.5) is 0 Å². The molecule has 27 heavy (non-hydrogen) atoms. The van der Waals surface area contributed by atoms with Crippen LogP contribution in [0.5, 0.6) is 11.5 Å². The number of ether oxygens (including phenoxy) is 2. The van der Waals surface area contributed by atoms with Crippen LogP contribution in [-0.2, 0) is 5.41 Å². The van der Waals surface area contributed by atoms with Crippen LogP contribution in [0.2, 0.25) is 0 Å². The summed E-state index contributed by atoms with van der Waals surface area (Å²) in [5, 5.41) is 0. The van der Waals surface area contributed by atoms with E-state index in [2.05, 4.69) is 26.8 Å². The second kappa shape index (κ2) is 7.59. The summed E-state index contributed by atoms with van der Waals surface area (Å²) in [5.74, 6) is 1.80. The lowest BCUT2D eigenvalue weighted by Crippen LogP contribution is -2.17. The fraction of sp³-hybridized carbons (Fsp3) is 0.375. The van der Waals surface area contributed by atoms with Crippen molar-refractivity contribution in [1.29, 1.82) is 0 Å². The minimum Gasteiger partial charge on any atom is -0.497 e. The highest BCUT2D eigenvalue weighted by Gasteiger charge is 2.41. The van der Waals surface area contributed by atoms with Crippen molar-refractivity contribution in [3.05, 3.63) is 64.2 Å². The average Bonchev–Trinajstić information content (AvgIpc) is 2.83. The Balaban J connectivity index is 1.98. The molecular formula is C24H28O3. The molecule has 0 N–H and O–H groups in total. The van der Waals surface area contributed by atoms with Gasteiger partial charge in [-0.3, -0.25) is 4.79 Å². The van der Waals surface area contributed by atoms with Gasteiger partial charge in [-0.15, -0.1) is 0 Å². The molecule has 0 atom stereocenters. The van der Waals surface area contributed by atoms with E-state index in [1.807, 2.05) is 43.3 Å². The Kier molecular flexibility index (Phi) is 5.41. The molecule has 2 aromatic carbocycles. The quantitative estimate of drug-likeness (QED) is 0.484. The van der Waals surface area contributed by atoms with Crippen LogP contribution in [-0.4, -0.2) is 19.5 Å². The maximum Gasteiger partial charge on any atom is 0.190 e. The lowest BCUT2D eigenvalue weighted by atomic mass is 9.81. The topological polar surface area (TPSA) is 35.5 Å². The summed E-state index contributed by atoms with van der Waals surface area (Å²) in [7, 11) is 1.65. The molecule has 0 aromatic heterocycles. The van der Waals surface area contributed by atoms with Gasteiger partial charge in [0.25, 0.3) is 0 Å². The third-order valence-corrected chi connectivity index (χ3v) is 5.33. The Morgan fingerprint density at radius 2 is 1.81 bits per heavy atom. The molecule has 0 fully saturated rings. The van der Waals surface area contributed by atoms with Crippen molar-refractivity contribution in [1.82, 2.24) is 0 Å². The van der Waals surface area contributed by atoms with Crippen molar-refractivity contribution in [3.8, 4) is 11.5 Å². The Hall–Kier alpha value is -2.55. The Morgan fingerprint density at radius 1 is 1.11 bits per heavy atom. The highest BCUT2D eigenvalue weighted by molar-refractivity contribution is 6.17. The predicted octanol–water partition coefficient (Wildman–Crippen LogP) is 5.74. The van der Waals surface area contributed by atoms with Crippen LogP contribution in [0.25, 0.3) is 6.08 Å². The Bertz CT molecular complexity index is 873. The molecule has 0 saturated carbocycles. The molecule has 0 heterocycles. The van der Waals surface area contributed by atoms with Crippen molar-refractivity contribution in [2.24, 2.45) is 0 Å². The van der Waals surface area contributed by atoms with Crippen LogP contribution >= 0.6 is 0 Å². The highest BCUT2D eigenvalue weighted by Crippen LogP contribution is 2.45. The van der Waals surface area contributed by atoms with Crippen molar-refractivity contribution >= 4 is 11.9 Å². The van der Waals surface area contributed by atoms with Crippen LogP contribution in [0.15, 0.2) is 42.0 Å². The number of hydrogen-bond acceptors (Lipinski definition) is 3. The number of methoxy groups -OCH3 is 1. The number of unbranched alkanes of at least 4 members (excludes halogenated alkanes) is 1. The number of Topliss-reactive ketones (excluding diaryl/α,β-unsaturated/α-hetero) is 1. The number of fused-ring (bicyclic) bond motifs is 1. The molecule has 3 nitrogen and oxygen atoms in total. The van der Waals surface area contributed by atoms with Gasteiger partial charge < -0.3 is 9.47 Å². The van der Waals surface area contributed by atoms with Gasteiger partial charge in [-0.25, -0.2) is 0 Å². The fourth-order valence-electron chi connectivity index (χ4n) is 3.56. The number of allylic oxidation sites excluding steroid dienone is 1. The third kappa shape index (κ3) is 3.64. The Labute approximate surface area is 162 Å². The smallest absolute Gasteiger partial charge is 0.190 e. The van der Waals surface area contributed by atoms with E-state index in [9.17, 15) is 4.79 Å². The van der Waals surface area contributed by atoms with E-state index in [4.69, 9.17) is 9.47 Å². The molecule has 1 aliphatic carbocycles. The highest BCUT2D eigenvalue weighted by atomic mass is 16.5. The summed E-state index contributed by atoms with van der Waals surface area (Å²) in [6.45, 7) is 9.08. The molecule has 0 spiro atoms. The minimum atomic E-state index is -0.358. The zero-order chi connectivity index (χ0) is 19.6. The molecule has 0 unspecified atom stereocenters. The summed E-state index contributed by atoms with van der Waals surface area (Å²) in [6.07, 6.45) is 4.12. The molecule has 0 aliphatic heterocycles. The first kappa shape index (κ1) is 19.2. The summed E-state index contributed by atoms with van der Waals surface area (Å²) in [5.41, 5.74) is 4.30. The second-order valence-corrected chi connectivity index (χ2v) is 7.65. The number of carbonyl (C=O) groups is 1. The monoisotopic (exact) mass is 364 g/mol. The first-order chi connectivity index (χ1) is 12.9. The maximum atomic E-state index is 13.1. The number of aryl methyl sites for hydroxylation is 1. The van der Waals surface area contributed by atoms with Gasteiger partial charge >= 0.3 is 0 Å². The zero-order valence-electron chi connectivity index (χ0n) is 16.9. The summed E-state index contributed by atoms with van der Waals surface area (Å²) in [6, 6.07) is 11.8. The number of ketones is 1. The standard InChI is InChI=1S/C24H28O3/c1-6-7-12-27-22-15-20-19(13-16(22)2)23(25)21(24(20,3)4)14-17-8-10-18(26-5)11-9-17/h8-11,13-15H,6-7,12H2,1-5H3/b21-14-. The van der Waals surface area contributed by atoms with Crippen molar-refractivity contribution in [2.45, 2.75) is 46.0 Å². The van der Waals surface area contributed by atoms with E-state index >= 15 is 0 Å². The third-order valence-electron chi connectivity index (χ3n) is 5.33. The van der Waals surface area contributed by atoms with Gasteiger partial charge in [0, 0.05) is 16.6 Å². The van der Waals surface area contributed by atoms with E-state index in [1.165, 1.54) is 0 Å². The maximum absolute atomic E-state index is 13.1. The average molecular weight is 364 g/mol.